The van der Waals surface area contributed by atoms with Crippen molar-refractivity contribution in [1.82, 2.24) is 15.2 Å². The first-order chi connectivity index (χ1) is 10.2. The number of hydrogen-bond donors (Lipinski definition) is 0. The van der Waals surface area contributed by atoms with Crippen LogP contribution in [-0.2, 0) is 6.61 Å². The van der Waals surface area contributed by atoms with Crippen molar-refractivity contribution in [3.8, 4) is 5.75 Å². The molecule has 0 radical (unpaired) electrons. The van der Waals surface area contributed by atoms with E-state index in [-0.39, 0.29) is 12.4 Å². The van der Waals surface area contributed by atoms with E-state index < -0.39 is 0 Å². The van der Waals surface area contributed by atoms with Crippen LogP contribution in [-0.4, -0.2) is 22.3 Å². The lowest BCUT2D eigenvalue weighted by Gasteiger charge is -2.09. The number of halogens is 2. The van der Waals surface area contributed by atoms with Crippen LogP contribution in [0.5, 0.6) is 5.75 Å². The second-order valence-corrected chi connectivity index (χ2v) is 4.76. The molecule has 0 spiro atoms. The van der Waals surface area contributed by atoms with Gasteiger partial charge in [-0.05, 0) is 41.6 Å². The molecule has 0 saturated carbocycles. The van der Waals surface area contributed by atoms with Crippen molar-refractivity contribution in [3.05, 3.63) is 52.8 Å². The number of ether oxygens (including phenoxy) is 1. The Bertz CT molecular complexity index is 791. The summed E-state index contributed by atoms with van der Waals surface area (Å²) >= 11 is 5.94. The van der Waals surface area contributed by atoms with E-state index in [4.69, 9.17) is 21.2 Å². The van der Waals surface area contributed by atoms with Gasteiger partial charge in [-0.15, -0.1) is 5.10 Å². The van der Waals surface area contributed by atoms with Gasteiger partial charge in [-0.1, -0.05) is 16.4 Å². The zero-order valence-electron chi connectivity index (χ0n) is 11.1. The Morgan fingerprint density at radius 3 is 2.90 bits per heavy atom. The molecule has 3 rings (SSSR count). The zero-order valence-corrected chi connectivity index (χ0v) is 11.8. The van der Waals surface area contributed by atoms with Gasteiger partial charge in [0.1, 0.15) is 29.2 Å². The lowest BCUT2D eigenvalue weighted by atomic mass is 10.2. The number of benzene rings is 2. The highest BCUT2D eigenvalue weighted by Crippen LogP contribution is 2.20. The van der Waals surface area contributed by atoms with Gasteiger partial charge >= 0.3 is 0 Å². The molecule has 1 heterocycles. The fourth-order valence-corrected chi connectivity index (χ4v) is 2.12. The monoisotopic (exact) mass is 307 g/mol. The van der Waals surface area contributed by atoms with E-state index in [2.05, 4.69) is 10.3 Å². The van der Waals surface area contributed by atoms with E-state index in [0.29, 0.717) is 27.4 Å². The van der Waals surface area contributed by atoms with Crippen LogP contribution < -0.4 is 9.57 Å². The fourth-order valence-electron chi connectivity index (χ4n) is 1.96. The lowest BCUT2D eigenvalue weighted by Crippen LogP contribution is -2.13. The summed E-state index contributed by atoms with van der Waals surface area (Å²) in [6.45, 7) is 0.0892. The first-order valence-electron chi connectivity index (χ1n) is 6.14. The highest BCUT2D eigenvalue weighted by molar-refractivity contribution is 6.31. The van der Waals surface area contributed by atoms with Gasteiger partial charge in [0, 0.05) is 10.6 Å². The average Bonchev–Trinajstić information content (AvgIpc) is 2.87. The molecule has 0 N–H and O–H groups in total. The van der Waals surface area contributed by atoms with Crippen LogP contribution in [0, 0.1) is 5.82 Å². The lowest BCUT2D eigenvalue weighted by molar-refractivity contribution is 0.0737. The Kier molecular flexibility index (Phi) is 3.62. The van der Waals surface area contributed by atoms with E-state index in [1.54, 1.807) is 24.3 Å². The molecule has 0 fully saturated rings. The molecule has 3 aromatic rings. The first kappa shape index (κ1) is 13.6. The molecule has 2 aromatic carbocycles. The molecule has 0 aliphatic heterocycles. The molecule has 21 heavy (non-hydrogen) atoms. The van der Waals surface area contributed by atoms with Gasteiger partial charge < -0.3 is 9.57 Å². The van der Waals surface area contributed by atoms with E-state index in [0.717, 1.165) is 0 Å². The maximum absolute atomic E-state index is 13.3. The molecule has 0 aliphatic rings. The maximum Gasteiger partial charge on any atom is 0.146 e. The third-order valence-corrected chi connectivity index (χ3v) is 3.20. The summed E-state index contributed by atoms with van der Waals surface area (Å²) in [6.07, 6.45) is 0. The van der Waals surface area contributed by atoms with Crippen LogP contribution >= 0.6 is 11.6 Å². The topological polar surface area (TPSA) is 49.2 Å². The zero-order chi connectivity index (χ0) is 14.8. The van der Waals surface area contributed by atoms with E-state index in [1.807, 2.05) is 0 Å². The van der Waals surface area contributed by atoms with Crippen molar-refractivity contribution in [2.75, 3.05) is 7.11 Å². The van der Waals surface area contributed by atoms with Crippen molar-refractivity contribution in [2.45, 2.75) is 6.61 Å². The van der Waals surface area contributed by atoms with E-state index >= 15 is 0 Å². The highest BCUT2D eigenvalue weighted by Gasteiger charge is 2.09. The third kappa shape index (κ3) is 2.75. The minimum Gasteiger partial charge on any atom is -0.496 e. The van der Waals surface area contributed by atoms with Crippen molar-refractivity contribution >= 4 is 22.6 Å². The number of methoxy groups -OCH3 is 1. The second-order valence-electron chi connectivity index (χ2n) is 4.33. The molecule has 0 saturated heterocycles. The Morgan fingerprint density at radius 2 is 2.10 bits per heavy atom. The fraction of sp³-hybridized carbons (Fsp3) is 0.143. The Labute approximate surface area is 124 Å². The van der Waals surface area contributed by atoms with Gasteiger partial charge in [-0.2, -0.15) is 0 Å². The molecule has 0 aliphatic carbocycles. The van der Waals surface area contributed by atoms with Gasteiger partial charge in [-0.25, -0.2) is 4.39 Å². The van der Waals surface area contributed by atoms with Gasteiger partial charge in [0.2, 0.25) is 0 Å². The van der Waals surface area contributed by atoms with Gasteiger partial charge in [-0.3, -0.25) is 0 Å². The summed E-state index contributed by atoms with van der Waals surface area (Å²) in [5.41, 5.74) is 1.87. The molecular weight excluding hydrogens is 297 g/mol. The summed E-state index contributed by atoms with van der Waals surface area (Å²) in [7, 11) is 1.52. The van der Waals surface area contributed by atoms with Crippen molar-refractivity contribution in [2.24, 2.45) is 0 Å². The summed E-state index contributed by atoms with van der Waals surface area (Å²) in [5, 5.41) is 8.39. The predicted octanol–water partition coefficient (Wildman–Crippen LogP) is 2.86. The third-order valence-electron chi connectivity index (χ3n) is 2.96. The van der Waals surface area contributed by atoms with Crippen LogP contribution in [0.2, 0.25) is 5.02 Å². The summed E-state index contributed by atoms with van der Waals surface area (Å²) in [4.78, 5) is 6.79. The number of hydrogen-bond acceptors (Lipinski definition) is 4. The highest BCUT2D eigenvalue weighted by atomic mass is 35.5. The smallest absolute Gasteiger partial charge is 0.146 e. The first-order valence-corrected chi connectivity index (χ1v) is 6.52. The standard InChI is InChI=1S/C14H11ClFN3O2/c1-20-14-5-3-11(16)6-9(14)8-21-19-13-7-10(15)2-4-12(13)17-18-19/h2-7H,8H2,1H3. The van der Waals surface area contributed by atoms with Gasteiger partial charge in [0.25, 0.3) is 0 Å². The van der Waals surface area contributed by atoms with Crippen LogP contribution in [0.15, 0.2) is 36.4 Å². The summed E-state index contributed by atoms with van der Waals surface area (Å²) in [6, 6.07) is 9.38. The Morgan fingerprint density at radius 1 is 1.24 bits per heavy atom. The van der Waals surface area contributed by atoms with E-state index in [9.17, 15) is 4.39 Å². The minimum absolute atomic E-state index is 0.0892. The molecule has 7 heteroatoms. The summed E-state index contributed by atoms with van der Waals surface area (Å²) in [5.74, 6) is 0.180. The van der Waals surface area contributed by atoms with Crippen LogP contribution in [0.25, 0.3) is 11.0 Å². The maximum atomic E-state index is 13.3. The summed E-state index contributed by atoms with van der Waals surface area (Å²) < 4.78 is 18.5. The van der Waals surface area contributed by atoms with Gasteiger partial charge in [0.05, 0.1) is 7.11 Å². The molecule has 0 unspecified atom stereocenters. The molecular formula is C14H11ClFN3O2. The number of fused-ring (bicyclic) bond motifs is 1. The normalized spacial score (nSPS) is 10.8. The number of rotatable bonds is 4. The van der Waals surface area contributed by atoms with Crippen molar-refractivity contribution in [1.29, 1.82) is 0 Å². The average molecular weight is 308 g/mol. The van der Waals surface area contributed by atoms with Gasteiger partial charge in [0.15, 0.2) is 0 Å². The number of nitrogens with zero attached hydrogens (tertiary/aromatic N) is 3. The molecule has 0 amide bonds. The molecule has 1 aromatic heterocycles. The van der Waals surface area contributed by atoms with E-state index in [1.165, 1.54) is 24.1 Å². The van der Waals surface area contributed by atoms with Crippen LogP contribution in [0.4, 0.5) is 4.39 Å². The van der Waals surface area contributed by atoms with Crippen molar-refractivity contribution < 1.29 is 14.0 Å². The van der Waals surface area contributed by atoms with Crippen LogP contribution in [0.1, 0.15) is 5.56 Å². The largest absolute Gasteiger partial charge is 0.496 e. The predicted molar refractivity (Wildman–Crippen MR) is 75.8 cm³/mol. The SMILES string of the molecule is COc1ccc(F)cc1COn1nnc2ccc(Cl)cc21. The van der Waals surface area contributed by atoms with Crippen LogP contribution in [0.3, 0.4) is 0 Å². The second kappa shape index (κ2) is 5.57. The van der Waals surface area contributed by atoms with Crippen molar-refractivity contribution in [3.63, 3.8) is 0 Å². The molecule has 0 bridgehead atoms. The minimum atomic E-state index is -0.360. The number of aromatic nitrogens is 3. The Hall–Kier alpha value is -2.34. The quantitative estimate of drug-likeness (QED) is 0.743. The molecule has 108 valence electrons. The molecule has 5 nitrogen and oxygen atoms in total. The Balaban J connectivity index is 1.87. The molecule has 0 atom stereocenters.